The van der Waals surface area contributed by atoms with Gasteiger partial charge in [0, 0.05) is 12.1 Å². The lowest BCUT2D eigenvalue weighted by atomic mass is 10.2. The smallest absolute Gasteiger partial charge is 0.342 e. The van der Waals surface area contributed by atoms with Gasteiger partial charge in [0.05, 0.1) is 24.7 Å². The molecule has 2 rings (SSSR count). The van der Waals surface area contributed by atoms with Crippen molar-refractivity contribution in [1.82, 2.24) is 0 Å². The van der Waals surface area contributed by atoms with Crippen molar-refractivity contribution in [2.24, 2.45) is 0 Å². The third-order valence-electron chi connectivity index (χ3n) is 3.18. The van der Waals surface area contributed by atoms with Crippen LogP contribution in [0.15, 0.2) is 42.5 Å². The zero-order chi connectivity index (χ0) is 16.8. The fraction of sp³-hybridized carbons (Fsp3) is 0.188. The van der Waals surface area contributed by atoms with Gasteiger partial charge in [-0.1, -0.05) is 12.1 Å². The summed E-state index contributed by atoms with van der Waals surface area (Å²) >= 11 is 0. The molecule has 0 radical (unpaired) electrons. The first-order valence-electron chi connectivity index (χ1n) is 6.68. The van der Waals surface area contributed by atoms with Crippen LogP contribution in [-0.2, 0) is 11.3 Å². The number of para-hydroxylation sites is 1. The number of rotatable bonds is 6. The molecule has 2 aromatic rings. The largest absolute Gasteiger partial charge is 0.497 e. The Labute approximate surface area is 132 Å². The molecular formula is C16H15NO6. The Morgan fingerprint density at radius 2 is 1.87 bits per heavy atom. The van der Waals surface area contributed by atoms with Crippen LogP contribution >= 0.6 is 0 Å². The monoisotopic (exact) mass is 317 g/mol. The topological polar surface area (TPSA) is 87.9 Å². The van der Waals surface area contributed by atoms with Crippen molar-refractivity contribution >= 4 is 11.7 Å². The highest BCUT2D eigenvalue weighted by molar-refractivity contribution is 5.92. The molecule has 0 N–H and O–H groups in total. The molecule has 0 saturated carbocycles. The highest BCUT2D eigenvalue weighted by Gasteiger charge is 2.18. The average molecular weight is 317 g/mol. The summed E-state index contributed by atoms with van der Waals surface area (Å²) in [5, 5.41) is 10.9. The van der Waals surface area contributed by atoms with Crippen molar-refractivity contribution < 1.29 is 23.9 Å². The van der Waals surface area contributed by atoms with E-state index in [2.05, 4.69) is 0 Å². The fourth-order valence-electron chi connectivity index (χ4n) is 2.00. The second-order valence-corrected chi connectivity index (χ2v) is 4.53. The number of esters is 1. The standard InChI is InChI=1S/C16H15NO6/c1-21-12-7-8-13(15(9-12)22-2)16(18)23-10-11-5-3-4-6-14(11)17(19)20/h3-9H,10H2,1-2H3. The number of carbonyl (C=O) groups is 1. The van der Waals surface area contributed by atoms with E-state index in [9.17, 15) is 14.9 Å². The van der Waals surface area contributed by atoms with E-state index < -0.39 is 10.9 Å². The summed E-state index contributed by atoms with van der Waals surface area (Å²) in [4.78, 5) is 22.6. The van der Waals surface area contributed by atoms with E-state index in [0.29, 0.717) is 17.1 Å². The van der Waals surface area contributed by atoms with Crippen LogP contribution in [0.5, 0.6) is 11.5 Å². The molecule has 7 heteroatoms. The van der Waals surface area contributed by atoms with Gasteiger partial charge < -0.3 is 14.2 Å². The van der Waals surface area contributed by atoms with Gasteiger partial charge in [-0.2, -0.15) is 0 Å². The van der Waals surface area contributed by atoms with E-state index in [-0.39, 0.29) is 17.9 Å². The molecule has 7 nitrogen and oxygen atoms in total. The Kier molecular flexibility index (Phi) is 5.14. The predicted molar refractivity (Wildman–Crippen MR) is 81.8 cm³/mol. The molecule has 0 aromatic heterocycles. The second-order valence-electron chi connectivity index (χ2n) is 4.53. The third-order valence-corrected chi connectivity index (χ3v) is 3.18. The van der Waals surface area contributed by atoms with Crippen LogP contribution in [0.25, 0.3) is 0 Å². The van der Waals surface area contributed by atoms with E-state index in [1.807, 2.05) is 0 Å². The van der Waals surface area contributed by atoms with Gasteiger partial charge in [0.25, 0.3) is 5.69 Å². The zero-order valence-electron chi connectivity index (χ0n) is 12.6. The number of benzene rings is 2. The first-order valence-corrected chi connectivity index (χ1v) is 6.68. The minimum absolute atomic E-state index is 0.0954. The molecule has 0 aliphatic rings. The van der Waals surface area contributed by atoms with E-state index in [0.717, 1.165) is 0 Å². The maximum absolute atomic E-state index is 12.2. The van der Waals surface area contributed by atoms with E-state index in [1.54, 1.807) is 24.3 Å². The van der Waals surface area contributed by atoms with E-state index in [1.165, 1.54) is 32.4 Å². The normalized spacial score (nSPS) is 10.0. The predicted octanol–water partition coefficient (Wildman–Crippen LogP) is 2.97. The van der Waals surface area contributed by atoms with E-state index in [4.69, 9.17) is 14.2 Å². The summed E-state index contributed by atoms with van der Waals surface area (Å²) in [6, 6.07) is 10.8. The minimum atomic E-state index is -0.636. The Morgan fingerprint density at radius 1 is 1.13 bits per heavy atom. The van der Waals surface area contributed by atoms with Crippen LogP contribution in [0.4, 0.5) is 5.69 Å². The number of ether oxygens (including phenoxy) is 3. The molecule has 0 atom stereocenters. The summed E-state index contributed by atoms with van der Waals surface area (Å²) in [6.07, 6.45) is 0. The fourth-order valence-corrected chi connectivity index (χ4v) is 2.00. The van der Waals surface area contributed by atoms with Gasteiger partial charge in [-0.25, -0.2) is 4.79 Å². The lowest BCUT2D eigenvalue weighted by Crippen LogP contribution is -2.08. The van der Waals surface area contributed by atoms with Crippen molar-refractivity contribution in [3.63, 3.8) is 0 Å². The Morgan fingerprint density at radius 3 is 2.52 bits per heavy atom. The van der Waals surface area contributed by atoms with Gasteiger partial charge in [-0.3, -0.25) is 10.1 Å². The number of nitro benzene ring substituents is 1. The van der Waals surface area contributed by atoms with Crippen LogP contribution in [-0.4, -0.2) is 25.1 Å². The first-order chi connectivity index (χ1) is 11.1. The number of methoxy groups -OCH3 is 2. The van der Waals surface area contributed by atoms with Gasteiger partial charge in [0.2, 0.25) is 0 Å². The quantitative estimate of drug-likeness (QED) is 0.462. The average Bonchev–Trinajstić information content (AvgIpc) is 2.59. The molecule has 0 heterocycles. The molecule has 0 bridgehead atoms. The summed E-state index contributed by atoms with van der Waals surface area (Å²) in [5.41, 5.74) is 0.437. The molecule has 120 valence electrons. The minimum Gasteiger partial charge on any atom is -0.497 e. The van der Waals surface area contributed by atoms with E-state index >= 15 is 0 Å². The number of nitro groups is 1. The Bertz CT molecular complexity index is 728. The van der Waals surface area contributed by atoms with Crippen molar-refractivity contribution in [1.29, 1.82) is 0 Å². The molecule has 0 aliphatic heterocycles. The molecule has 0 amide bonds. The number of nitrogens with zero attached hydrogens (tertiary/aromatic N) is 1. The van der Waals surface area contributed by atoms with Crippen LogP contribution in [0.3, 0.4) is 0 Å². The van der Waals surface area contributed by atoms with Crippen molar-refractivity contribution in [3.05, 3.63) is 63.7 Å². The third kappa shape index (κ3) is 3.76. The van der Waals surface area contributed by atoms with Gasteiger partial charge in [0.15, 0.2) is 0 Å². The maximum Gasteiger partial charge on any atom is 0.342 e. The number of carbonyl (C=O) groups excluding carboxylic acids is 1. The number of hydrogen-bond donors (Lipinski definition) is 0. The molecular weight excluding hydrogens is 302 g/mol. The molecule has 0 spiro atoms. The van der Waals surface area contributed by atoms with Crippen LogP contribution < -0.4 is 9.47 Å². The van der Waals surface area contributed by atoms with Gasteiger partial charge in [-0.05, 0) is 18.2 Å². The Balaban J connectivity index is 2.16. The second kappa shape index (κ2) is 7.26. The van der Waals surface area contributed by atoms with Gasteiger partial charge >= 0.3 is 5.97 Å². The maximum atomic E-state index is 12.2. The van der Waals surface area contributed by atoms with Crippen molar-refractivity contribution in [2.45, 2.75) is 6.61 Å². The molecule has 23 heavy (non-hydrogen) atoms. The summed E-state index contributed by atoms with van der Waals surface area (Å²) in [5.74, 6) is 0.205. The van der Waals surface area contributed by atoms with Crippen molar-refractivity contribution in [3.8, 4) is 11.5 Å². The number of hydrogen-bond acceptors (Lipinski definition) is 6. The Hall–Kier alpha value is -3.09. The summed E-state index contributed by atoms with van der Waals surface area (Å²) in [7, 11) is 2.93. The highest BCUT2D eigenvalue weighted by atomic mass is 16.6. The summed E-state index contributed by atoms with van der Waals surface area (Å²) in [6.45, 7) is -0.203. The lowest BCUT2D eigenvalue weighted by molar-refractivity contribution is -0.385. The van der Waals surface area contributed by atoms with Crippen LogP contribution in [0, 0.1) is 10.1 Å². The zero-order valence-corrected chi connectivity index (χ0v) is 12.6. The van der Waals surface area contributed by atoms with Gasteiger partial charge in [-0.15, -0.1) is 0 Å². The first kappa shape index (κ1) is 16.3. The molecule has 0 fully saturated rings. The molecule has 0 aliphatic carbocycles. The SMILES string of the molecule is COc1ccc(C(=O)OCc2ccccc2[N+](=O)[O-])c(OC)c1. The molecule has 0 unspecified atom stereocenters. The van der Waals surface area contributed by atoms with Crippen molar-refractivity contribution in [2.75, 3.05) is 14.2 Å². The molecule has 0 saturated heterocycles. The summed E-state index contributed by atoms with van der Waals surface area (Å²) < 4.78 is 15.3. The van der Waals surface area contributed by atoms with Crippen LogP contribution in [0.2, 0.25) is 0 Å². The lowest BCUT2D eigenvalue weighted by Gasteiger charge is -2.10. The molecule has 2 aromatic carbocycles. The van der Waals surface area contributed by atoms with Crippen LogP contribution in [0.1, 0.15) is 15.9 Å². The van der Waals surface area contributed by atoms with Gasteiger partial charge in [0.1, 0.15) is 23.7 Å². The highest BCUT2D eigenvalue weighted by Crippen LogP contribution is 2.26.